The van der Waals surface area contributed by atoms with E-state index in [-0.39, 0.29) is 11.9 Å². The first-order valence-corrected chi connectivity index (χ1v) is 6.07. The van der Waals surface area contributed by atoms with Crippen molar-refractivity contribution in [3.05, 3.63) is 59.7 Å². The van der Waals surface area contributed by atoms with E-state index in [1.54, 1.807) is 24.5 Å². The smallest absolute Gasteiger partial charge is 0.128 e. The second-order valence-electron chi connectivity index (χ2n) is 4.08. The topological polar surface area (TPSA) is 37.8 Å². The van der Waals surface area contributed by atoms with Crippen molar-refractivity contribution in [1.29, 1.82) is 0 Å². The molecule has 1 atom stereocenters. The Balaban J connectivity index is 2.34. The van der Waals surface area contributed by atoms with Gasteiger partial charge in [-0.05, 0) is 30.7 Å². The van der Waals surface area contributed by atoms with Crippen molar-refractivity contribution in [2.24, 2.45) is 0 Å². The lowest BCUT2D eigenvalue weighted by Crippen LogP contribution is -2.24. The molecular formula is C14H16FN3. The van der Waals surface area contributed by atoms with Crippen LogP contribution in [0.15, 0.2) is 42.7 Å². The highest BCUT2D eigenvalue weighted by Gasteiger charge is 2.16. The maximum Gasteiger partial charge on any atom is 0.128 e. The summed E-state index contributed by atoms with van der Waals surface area (Å²) in [6, 6.07) is 8.48. The van der Waals surface area contributed by atoms with Gasteiger partial charge in [-0.3, -0.25) is 0 Å². The molecule has 0 saturated carbocycles. The fourth-order valence-electron chi connectivity index (χ4n) is 1.88. The van der Waals surface area contributed by atoms with E-state index in [2.05, 4.69) is 22.4 Å². The van der Waals surface area contributed by atoms with Crippen LogP contribution >= 0.6 is 0 Å². The van der Waals surface area contributed by atoms with E-state index >= 15 is 0 Å². The molecule has 0 radical (unpaired) electrons. The lowest BCUT2D eigenvalue weighted by molar-refractivity contribution is 0.545. The fraction of sp³-hybridized carbons (Fsp3) is 0.286. The Kier molecular flexibility index (Phi) is 4.36. The van der Waals surface area contributed by atoms with Crippen LogP contribution in [0.5, 0.6) is 0 Å². The molecule has 0 amide bonds. The van der Waals surface area contributed by atoms with Crippen LogP contribution in [0.1, 0.15) is 30.5 Å². The molecule has 3 nitrogen and oxygen atoms in total. The molecule has 0 aliphatic heterocycles. The fourth-order valence-corrected chi connectivity index (χ4v) is 1.88. The van der Waals surface area contributed by atoms with Gasteiger partial charge in [0, 0.05) is 11.8 Å². The highest BCUT2D eigenvalue weighted by atomic mass is 19.1. The van der Waals surface area contributed by atoms with Crippen molar-refractivity contribution in [2.75, 3.05) is 6.54 Å². The summed E-state index contributed by atoms with van der Waals surface area (Å²) in [6.45, 7) is 2.90. The van der Waals surface area contributed by atoms with Gasteiger partial charge in [-0.1, -0.05) is 25.1 Å². The molecule has 1 heterocycles. The van der Waals surface area contributed by atoms with Crippen LogP contribution in [-0.2, 0) is 0 Å². The first kappa shape index (κ1) is 12.6. The second-order valence-corrected chi connectivity index (χ2v) is 4.08. The zero-order chi connectivity index (χ0) is 12.8. The summed E-state index contributed by atoms with van der Waals surface area (Å²) in [5, 5.41) is 10.9. The SMILES string of the molecule is CCCNC(c1ccnnc1)c1ccccc1F. The third-order valence-electron chi connectivity index (χ3n) is 2.76. The Labute approximate surface area is 106 Å². The van der Waals surface area contributed by atoms with Gasteiger partial charge in [0.25, 0.3) is 0 Å². The summed E-state index contributed by atoms with van der Waals surface area (Å²) in [6.07, 6.45) is 4.28. The molecule has 2 aromatic rings. The van der Waals surface area contributed by atoms with Gasteiger partial charge >= 0.3 is 0 Å². The summed E-state index contributed by atoms with van der Waals surface area (Å²) in [7, 11) is 0. The second kappa shape index (κ2) is 6.21. The number of benzene rings is 1. The standard InChI is InChI=1S/C14H16FN3/c1-2-8-16-14(11-7-9-17-18-10-11)12-5-3-4-6-13(12)15/h3-7,9-10,14,16H,2,8H2,1H3. The van der Waals surface area contributed by atoms with Gasteiger partial charge in [-0.25, -0.2) is 4.39 Å². The summed E-state index contributed by atoms with van der Waals surface area (Å²) >= 11 is 0. The van der Waals surface area contributed by atoms with Crippen molar-refractivity contribution in [3.63, 3.8) is 0 Å². The minimum atomic E-state index is -0.206. The van der Waals surface area contributed by atoms with Gasteiger partial charge in [0.05, 0.1) is 12.2 Å². The minimum Gasteiger partial charge on any atom is -0.306 e. The Morgan fingerprint density at radius 2 is 2.06 bits per heavy atom. The van der Waals surface area contributed by atoms with Crippen molar-refractivity contribution in [1.82, 2.24) is 15.5 Å². The average molecular weight is 245 g/mol. The highest BCUT2D eigenvalue weighted by Crippen LogP contribution is 2.23. The van der Waals surface area contributed by atoms with E-state index < -0.39 is 0 Å². The number of halogens is 1. The van der Waals surface area contributed by atoms with Crippen LogP contribution in [0.25, 0.3) is 0 Å². The Morgan fingerprint density at radius 1 is 1.22 bits per heavy atom. The maximum atomic E-state index is 13.9. The molecule has 0 aliphatic rings. The van der Waals surface area contributed by atoms with Crippen LogP contribution in [-0.4, -0.2) is 16.7 Å². The van der Waals surface area contributed by atoms with Crippen LogP contribution in [0.4, 0.5) is 4.39 Å². The van der Waals surface area contributed by atoms with E-state index in [1.807, 2.05) is 12.1 Å². The number of nitrogens with zero attached hydrogens (tertiary/aromatic N) is 2. The zero-order valence-corrected chi connectivity index (χ0v) is 10.3. The molecule has 0 saturated heterocycles. The predicted octanol–water partition coefficient (Wildman–Crippen LogP) is 2.70. The molecular weight excluding hydrogens is 229 g/mol. The number of hydrogen-bond acceptors (Lipinski definition) is 3. The Hall–Kier alpha value is -1.81. The van der Waals surface area contributed by atoms with Gasteiger partial charge in [-0.2, -0.15) is 10.2 Å². The summed E-state index contributed by atoms with van der Waals surface area (Å²) in [5.74, 6) is -0.206. The average Bonchev–Trinajstić information content (AvgIpc) is 2.42. The first-order chi connectivity index (χ1) is 8.83. The molecule has 1 unspecified atom stereocenters. The molecule has 0 aliphatic carbocycles. The van der Waals surface area contributed by atoms with Gasteiger partial charge in [-0.15, -0.1) is 0 Å². The summed E-state index contributed by atoms with van der Waals surface area (Å²) in [4.78, 5) is 0. The number of rotatable bonds is 5. The van der Waals surface area contributed by atoms with Gasteiger partial charge in [0.2, 0.25) is 0 Å². The molecule has 0 spiro atoms. The van der Waals surface area contributed by atoms with Gasteiger partial charge < -0.3 is 5.32 Å². The van der Waals surface area contributed by atoms with Crippen molar-refractivity contribution in [2.45, 2.75) is 19.4 Å². The van der Waals surface area contributed by atoms with E-state index in [1.165, 1.54) is 6.07 Å². The molecule has 1 N–H and O–H groups in total. The number of aromatic nitrogens is 2. The molecule has 4 heteroatoms. The normalized spacial score (nSPS) is 12.3. The molecule has 1 aromatic heterocycles. The summed E-state index contributed by atoms with van der Waals surface area (Å²) in [5.41, 5.74) is 1.56. The molecule has 18 heavy (non-hydrogen) atoms. The quantitative estimate of drug-likeness (QED) is 0.880. The third kappa shape index (κ3) is 2.90. The summed E-state index contributed by atoms with van der Waals surface area (Å²) < 4.78 is 13.9. The Morgan fingerprint density at radius 3 is 2.72 bits per heavy atom. The Bertz CT molecular complexity index is 487. The van der Waals surface area contributed by atoms with Crippen LogP contribution in [0.2, 0.25) is 0 Å². The van der Waals surface area contributed by atoms with Crippen LogP contribution in [0, 0.1) is 5.82 Å². The first-order valence-electron chi connectivity index (χ1n) is 6.07. The largest absolute Gasteiger partial charge is 0.306 e. The minimum absolute atomic E-state index is 0.179. The number of hydrogen-bond donors (Lipinski definition) is 1. The van der Waals surface area contributed by atoms with E-state index in [4.69, 9.17) is 0 Å². The van der Waals surface area contributed by atoms with E-state index in [0.29, 0.717) is 5.56 Å². The van der Waals surface area contributed by atoms with E-state index in [9.17, 15) is 4.39 Å². The molecule has 2 rings (SSSR count). The van der Waals surface area contributed by atoms with Crippen molar-refractivity contribution in [3.8, 4) is 0 Å². The maximum absolute atomic E-state index is 13.9. The van der Waals surface area contributed by atoms with E-state index in [0.717, 1.165) is 18.5 Å². The molecule has 1 aromatic carbocycles. The van der Waals surface area contributed by atoms with Gasteiger partial charge in [0.15, 0.2) is 0 Å². The molecule has 0 bridgehead atoms. The van der Waals surface area contributed by atoms with Crippen molar-refractivity contribution < 1.29 is 4.39 Å². The zero-order valence-electron chi connectivity index (χ0n) is 10.3. The monoisotopic (exact) mass is 245 g/mol. The highest BCUT2D eigenvalue weighted by molar-refractivity contribution is 5.30. The number of nitrogens with one attached hydrogen (secondary N) is 1. The van der Waals surface area contributed by atoms with Crippen LogP contribution in [0.3, 0.4) is 0 Å². The lowest BCUT2D eigenvalue weighted by atomic mass is 10.00. The van der Waals surface area contributed by atoms with Crippen LogP contribution < -0.4 is 5.32 Å². The van der Waals surface area contributed by atoms with Crippen molar-refractivity contribution >= 4 is 0 Å². The third-order valence-corrected chi connectivity index (χ3v) is 2.76. The predicted molar refractivity (Wildman–Crippen MR) is 68.6 cm³/mol. The lowest BCUT2D eigenvalue weighted by Gasteiger charge is -2.19. The molecule has 0 fully saturated rings. The molecule has 94 valence electrons. The van der Waals surface area contributed by atoms with Gasteiger partial charge in [0.1, 0.15) is 5.82 Å².